The summed E-state index contributed by atoms with van der Waals surface area (Å²) in [6, 6.07) is 5.14. The van der Waals surface area contributed by atoms with Crippen molar-refractivity contribution in [1.29, 1.82) is 0 Å². The number of nitrogens with zero attached hydrogens (tertiary/aromatic N) is 1. The number of carbonyl (C=O) groups excluding carboxylic acids is 1. The Bertz CT molecular complexity index is 396. The normalized spacial score (nSPS) is 12.1. The zero-order chi connectivity index (χ0) is 12.3. The zero-order valence-corrected chi connectivity index (χ0v) is 11.8. The van der Waals surface area contributed by atoms with E-state index in [0.717, 1.165) is 10.2 Å². The molecule has 1 rings (SSSR count). The van der Waals surface area contributed by atoms with Gasteiger partial charge in [0.2, 0.25) is 5.91 Å². The molecule has 1 aromatic rings. The molecule has 1 amide bonds. The molecule has 0 saturated heterocycles. The second kappa shape index (κ2) is 5.55. The first-order chi connectivity index (χ1) is 7.41. The summed E-state index contributed by atoms with van der Waals surface area (Å²) in [7, 11) is 3.47. The third kappa shape index (κ3) is 3.39. The summed E-state index contributed by atoms with van der Waals surface area (Å²) in [6.45, 7) is 1.82. The minimum Gasteiger partial charge on any atom is -0.373 e. The van der Waals surface area contributed by atoms with Gasteiger partial charge < -0.3 is 10.2 Å². The van der Waals surface area contributed by atoms with Gasteiger partial charge in [0, 0.05) is 29.3 Å². The number of likely N-dealkylation sites (N-methyl/N-ethyl adjacent to an activating group) is 1. The number of rotatable bonds is 3. The summed E-state index contributed by atoms with van der Waals surface area (Å²) < 4.78 is 0.846. The van der Waals surface area contributed by atoms with Crippen molar-refractivity contribution in [2.45, 2.75) is 13.0 Å². The molecule has 3 nitrogen and oxygen atoms in total. The molecule has 0 aliphatic carbocycles. The standard InChI is InChI=1S/C11H14BrClN2O/c1-7(11(16)15(2)3)14-10-5-4-8(13)6-9(10)12/h4-7,14H,1-3H3. The molecule has 0 saturated carbocycles. The van der Waals surface area contributed by atoms with E-state index in [4.69, 9.17) is 11.6 Å². The van der Waals surface area contributed by atoms with Gasteiger partial charge in [0.15, 0.2) is 0 Å². The molecule has 0 bridgehead atoms. The minimum atomic E-state index is -0.271. The largest absolute Gasteiger partial charge is 0.373 e. The lowest BCUT2D eigenvalue weighted by molar-refractivity contribution is -0.129. The van der Waals surface area contributed by atoms with Crippen LogP contribution in [0.5, 0.6) is 0 Å². The van der Waals surface area contributed by atoms with Crippen LogP contribution < -0.4 is 5.32 Å². The second-order valence-electron chi connectivity index (χ2n) is 3.72. The van der Waals surface area contributed by atoms with E-state index >= 15 is 0 Å². The van der Waals surface area contributed by atoms with Crippen molar-refractivity contribution in [2.24, 2.45) is 0 Å². The van der Waals surface area contributed by atoms with Gasteiger partial charge in [-0.3, -0.25) is 4.79 Å². The first-order valence-corrected chi connectivity index (χ1v) is 6.01. The van der Waals surface area contributed by atoms with Gasteiger partial charge >= 0.3 is 0 Å². The van der Waals surface area contributed by atoms with Gasteiger partial charge in [-0.2, -0.15) is 0 Å². The van der Waals surface area contributed by atoms with Crippen molar-refractivity contribution in [1.82, 2.24) is 4.90 Å². The smallest absolute Gasteiger partial charge is 0.244 e. The van der Waals surface area contributed by atoms with Crippen LogP contribution in [0.1, 0.15) is 6.92 Å². The van der Waals surface area contributed by atoms with Crippen LogP contribution in [0.3, 0.4) is 0 Å². The first kappa shape index (κ1) is 13.3. The van der Waals surface area contributed by atoms with Crippen molar-refractivity contribution in [2.75, 3.05) is 19.4 Å². The molecular weight excluding hydrogens is 291 g/mol. The van der Waals surface area contributed by atoms with Crippen LogP contribution in [0.15, 0.2) is 22.7 Å². The van der Waals surface area contributed by atoms with Crippen LogP contribution in [0.2, 0.25) is 5.02 Å². The van der Waals surface area contributed by atoms with Gasteiger partial charge in [0.05, 0.1) is 0 Å². The molecule has 0 spiro atoms. The molecule has 88 valence electrons. The number of hydrogen-bond acceptors (Lipinski definition) is 2. The molecule has 0 aliphatic heterocycles. The fourth-order valence-corrected chi connectivity index (χ4v) is 2.09. The Morgan fingerprint density at radius 2 is 2.12 bits per heavy atom. The summed E-state index contributed by atoms with van der Waals surface area (Å²) in [5, 5.41) is 3.78. The number of nitrogens with one attached hydrogen (secondary N) is 1. The second-order valence-corrected chi connectivity index (χ2v) is 5.01. The fourth-order valence-electron chi connectivity index (χ4n) is 1.29. The highest BCUT2D eigenvalue weighted by atomic mass is 79.9. The van der Waals surface area contributed by atoms with Crippen LogP contribution in [0.4, 0.5) is 5.69 Å². The van der Waals surface area contributed by atoms with Gasteiger partial charge in [-0.15, -0.1) is 0 Å². The van der Waals surface area contributed by atoms with Gasteiger partial charge in [0.1, 0.15) is 6.04 Å². The van der Waals surface area contributed by atoms with Crippen LogP contribution in [0.25, 0.3) is 0 Å². The summed E-state index contributed by atoms with van der Waals surface area (Å²) in [6.07, 6.45) is 0. The molecule has 0 fully saturated rings. The zero-order valence-electron chi connectivity index (χ0n) is 9.42. The summed E-state index contributed by atoms with van der Waals surface area (Å²) >= 11 is 9.22. The lowest BCUT2D eigenvalue weighted by Gasteiger charge is -2.19. The maximum absolute atomic E-state index is 11.6. The van der Waals surface area contributed by atoms with Gasteiger partial charge in [-0.05, 0) is 41.1 Å². The Kier molecular flexibility index (Phi) is 4.62. The molecule has 1 N–H and O–H groups in total. The minimum absolute atomic E-state index is 0.0295. The van der Waals surface area contributed by atoms with E-state index in [0.29, 0.717) is 5.02 Å². The lowest BCUT2D eigenvalue weighted by Crippen LogP contribution is -2.36. The van der Waals surface area contributed by atoms with Gasteiger partial charge in [0.25, 0.3) is 0 Å². The van der Waals surface area contributed by atoms with Crippen LogP contribution in [0, 0.1) is 0 Å². The third-order valence-electron chi connectivity index (χ3n) is 2.11. The summed E-state index contributed by atoms with van der Waals surface area (Å²) in [5.74, 6) is 0.0295. The van der Waals surface area contributed by atoms with Crippen molar-refractivity contribution >= 4 is 39.1 Å². The van der Waals surface area contributed by atoms with Crippen molar-refractivity contribution in [3.8, 4) is 0 Å². The molecular formula is C11H14BrClN2O. The summed E-state index contributed by atoms with van der Waals surface area (Å²) in [5.41, 5.74) is 0.854. The highest BCUT2D eigenvalue weighted by molar-refractivity contribution is 9.10. The van der Waals surface area contributed by atoms with Gasteiger partial charge in [-0.25, -0.2) is 0 Å². The monoisotopic (exact) mass is 304 g/mol. The Balaban J connectivity index is 2.77. The number of halogens is 2. The van der Waals surface area contributed by atoms with E-state index in [9.17, 15) is 4.79 Å². The molecule has 1 aromatic carbocycles. The Hall–Kier alpha value is -0.740. The topological polar surface area (TPSA) is 32.3 Å². The molecule has 0 aliphatic rings. The first-order valence-electron chi connectivity index (χ1n) is 4.84. The van der Waals surface area contributed by atoms with E-state index in [-0.39, 0.29) is 11.9 Å². The number of amides is 1. The SMILES string of the molecule is CC(Nc1ccc(Cl)cc1Br)C(=O)N(C)C. The molecule has 0 radical (unpaired) electrons. The molecule has 0 heterocycles. The van der Waals surface area contributed by atoms with Gasteiger partial charge in [-0.1, -0.05) is 11.6 Å². The average Bonchev–Trinajstić information content (AvgIpc) is 2.20. The Morgan fingerprint density at radius 3 is 2.62 bits per heavy atom. The number of hydrogen-bond donors (Lipinski definition) is 1. The van der Waals surface area contributed by atoms with E-state index in [1.165, 1.54) is 0 Å². The molecule has 5 heteroatoms. The molecule has 1 atom stereocenters. The van der Waals surface area contributed by atoms with Crippen molar-refractivity contribution < 1.29 is 4.79 Å². The number of benzene rings is 1. The maximum Gasteiger partial charge on any atom is 0.244 e. The quantitative estimate of drug-likeness (QED) is 0.931. The fraction of sp³-hybridized carbons (Fsp3) is 0.364. The molecule has 16 heavy (non-hydrogen) atoms. The highest BCUT2D eigenvalue weighted by Crippen LogP contribution is 2.26. The van der Waals surface area contributed by atoms with Crippen molar-refractivity contribution in [3.05, 3.63) is 27.7 Å². The van der Waals surface area contributed by atoms with E-state index in [2.05, 4.69) is 21.2 Å². The third-order valence-corrected chi connectivity index (χ3v) is 3.01. The lowest BCUT2D eigenvalue weighted by atomic mass is 10.2. The van der Waals surface area contributed by atoms with Crippen LogP contribution in [-0.4, -0.2) is 30.9 Å². The average molecular weight is 306 g/mol. The number of carbonyl (C=O) groups is 1. The number of anilines is 1. The van der Waals surface area contributed by atoms with E-state index in [1.54, 1.807) is 31.1 Å². The Labute approximate surface area is 109 Å². The highest BCUT2D eigenvalue weighted by Gasteiger charge is 2.15. The molecule has 1 unspecified atom stereocenters. The molecule has 0 aromatic heterocycles. The predicted molar refractivity (Wildman–Crippen MR) is 70.9 cm³/mol. The van der Waals surface area contributed by atoms with Crippen LogP contribution in [-0.2, 0) is 4.79 Å². The van der Waals surface area contributed by atoms with E-state index in [1.807, 2.05) is 13.0 Å². The van der Waals surface area contributed by atoms with Crippen molar-refractivity contribution in [3.63, 3.8) is 0 Å². The maximum atomic E-state index is 11.6. The predicted octanol–water partition coefficient (Wildman–Crippen LogP) is 2.99. The Morgan fingerprint density at radius 1 is 1.50 bits per heavy atom. The summed E-state index contributed by atoms with van der Waals surface area (Å²) in [4.78, 5) is 13.2. The van der Waals surface area contributed by atoms with E-state index < -0.39 is 0 Å². The van der Waals surface area contributed by atoms with Crippen LogP contribution >= 0.6 is 27.5 Å².